The molecule has 1 heterocycles. The van der Waals surface area contributed by atoms with Crippen molar-refractivity contribution in [3.63, 3.8) is 0 Å². The van der Waals surface area contributed by atoms with E-state index in [-0.39, 0.29) is 0 Å². The largest absolute Gasteiger partial charge is 0.480 e. The van der Waals surface area contributed by atoms with Gasteiger partial charge in [0.25, 0.3) is 5.91 Å². The van der Waals surface area contributed by atoms with E-state index in [1.54, 1.807) is 17.5 Å². The van der Waals surface area contributed by atoms with Gasteiger partial charge in [-0.25, -0.2) is 4.79 Å². The Bertz CT molecular complexity index is 460. The van der Waals surface area contributed by atoms with E-state index >= 15 is 0 Å². The highest BCUT2D eigenvalue weighted by Crippen LogP contribution is 2.08. The normalized spacial score (nSPS) is 13.4. The van der Waals surface area contributed by atoms with Gasteiger partial charge in [0.1, 0.15) is 12.1 Å². The molecule has 104 valence electrons. The van der Waals surface area contributed by atoms with Gasteiger partial charge in [0.15, 0.2) is 0 Å². The molecule has 7 nitrogen and oxygen atoms in total. The Balaban J connectivity index is 2.53. The van der Waals surface area contributed by atoms with Gasteiger partial charge in [-0.05, 0) is 18.4 Å². The standard InChI is InChI=1S/C11H14N2O5S/c1-6(9(15)13-7(5-14)11(17)18)12-10(16)8-3-2-4-19-8/h2-4,6-7,14H,5H2,1H3,(H,12,16)(H,13,15)(H,17,18)/t6?,7-/m1/s1. The molecule has 0 fully saturated rings. The van der Waals surface area contributed by atoms with E-state index in [2.05, 4.69) is 10.6 Å². The first kappa shape index (κ1) is 15.1. The second kappa shape index (κ2) is 6.86. The minimum absolute atomic E-state index is 0.409. The molecule has 4 N–H and O–H groups in total. The molecule has 1 rings (SSSR count). The fraction of sp³-hybridized carbons (Fsp3) is 0.364. The van der Waals surface area contributed by atoms with E-state index in [1.807, 2.05) is 0 Å². The van der Waals surface area contributed by atoms with E-state index < -0.39 is 36.5 Å². The molecule has 8 heteroatoms. The summed E-state index contributed by atoms with van der Waals surface area (Å²) in [4.78, 5) is 34.4. The van der Waals surface area contributed by atoms with Gasteiger partial charge in [0.2, 0.25) is 5.91 Å². The van der Waals surface area contributed by atoms with Crippen LogP contribution in [0.3, 0.4) is 0 Å². The highest BCUT2D eigenvalue weighted by Gasteiger charge is 2.23. The van der Waals surface area contributed by atoms with Gasteiger partial charge in [-0.1, -0.05) is 6.07 Å². The fourth-order valence-corrected chi connectivity index (χ4v) is 1.85. The molecule has 0 bridgehead atoms. The summed E-state index contributed by atoms with van der Waals surface area (Å²) < 4.78 is 0. The Labute approximate surface area is 113 Å². The predicted octanol–water partition coefficient (Wildman–Crippen LogP) is -0.572. The van der Waals surface area contributed by atoms with Crippen molar-refractivity contribution in [2.24, 2.45) is 0 Å². The Morgan fingerprint density at radius 3 is 2.53 bits per heavy atom. The number of carbonyl (C=O) groups is 3. The van der Waals surface area contributed by atoms with E-state index in [9.17, 15) is 14.4 Å². The molecule has 0 aliphatic heterocycles. The number of amides is 2. The molecule has 0 aromatic carbocycles. The van der Waals surface area contributed by atoms with E-state index in [0.717, 1.165) is 0 Å². The fourth-order valence-electron chi connectivity index (χ4n) is 1.22. The number of thiophene rings is 1. The molecular weight excluding hydrogens is 272 g/mol. The maximum Gasteiger partial charge on any atom is 0.328 e. The summed E-state index contributed by atoms with van der Waals surface area (Å²) in [6, 6.07) is 1.03. The van der Waals surface area contributed by atoms with Gasteiger partial charge >= 0.3 is 5.97 Å². The molecule has 0 radical (unpaired) electrons. The zero-order valence-corrected chi connectivity index (χ0v) is 10.9. The molecule has 2 atom stereocenters. The minimum Gasteiger partial charge on any atom is -0.480 e. The summed E-state index contributed by atoms with van der Waals surface area (Å²) in [5, 5.41) is 23.7. The van der Waals surface area contributed by atoms with Crippen molar-refractivity contribution in [1.82, 2.24) is 10.6 Å². The van der Waals surface area contributed by atoms with Gasteiger partial charge in [-0.2, -0.15) is 0 Å². The highest BCUT2D eigenvalue weighted by molar-refractivity contribution is 7.12. The topological polar surface area (TPSA) is 116 Å². The number of hydrogen-bond acceptors (Lipinski definition) is 5. The van der Waals surface area contributed by atoms with Crippen molar-refractivity contribution in [3.8, 4) is 0 Å². The van der Waals surface area contributed by atoms with Crippen LogP contribution in [-0.4, -0.2) is 46.7 Å². The monoisotopic (exact) mass is 286 g/mol. The van der Waals surface area contributed by atoms with Crippen LogP contribution in [0.2, 0.25) is 0 Å². The molecular formula is C11H14N2O5S. The number of aliphatic hydroxyl groups is 1. The van der Waals surface area contributed by atoms with Crippen LogP contribution in [0.4, 0.5) is 0 Å². The van der Waals surface area contributed by atoms with Crippen LogP contribution in [0.5, 0.6) is 0 Å². The number of carbonyl (C=O) groups excluding carboxylic acids is 2. The number of aliphatic hydroxyl groups excluding tert-OH is 1. The highest BCUT2D eigenvalue weighted by atomic mass is 32.1. The summed E-state index contributed by atoms with van der Waals surface area (Å²) in [5.74, 6) is -2.42. The molecule has 0 saturated carbocycles. The third-order valence-electron chi connectivity index (χ3n) is 2.28. The average molecular weight is 286 g/mol. The zero-order chi connectivity index (χ0) is 14.4. The number of nitrogens with one attached hydrogen (secondary N) is 2. The minimum atomic E-state index is -1.38. The van der Waals surface area contributed by atoms with Crippen LogP contribution in [0.15, 0.2) is 17.5 Å². The van der Waals surface area contributed by atoms with E-state index in [4.69, 9.17) is 10.2 Å². The first-order valence-corrected chi connectivity index (χ1v) is 6.32. The Hall–Kier alpha value is -1.93. The maximum absolute atomic E-state index is 11.7. The molecule has 1 unspecified atom stereocenters. The van der Waals surface area contributed by atoms with Gasteiger partial charge in [0, 0.05) is 0 Å². The Kier molecular flexibility index (Phi) is 5.46. The molecule has 1 aromatic rings. The zero-order valence-electron chi connectivity index (χ0n) is 10.1. The summed E-state index contributed by atoms with van der Waals surface area (Å²) in [6.07, 6.45) is 0. The Morgan fingerprint density at radius 2 is 2.05 bits per heavy atom. The van der Waals surface area contributed by atoms with Crippen LogP contribution in [0.1, 0.15) is 16.6 Å². The van der Waals surface area contributed by atoms with Gasteiger partial charge in [-0.15, -0.1) is 11.3 Å². The molecule has 0 aliphatic rings. The number of carboxylic acids is 1. The molecule has 0 aliphatic carbocycles. The number of hydrogen-bond donors (Lipinski definition) is 4. The maximum atomic E-state index is 11.7. The van der Waals surface area contributed by atoms with Gasteiger partial charge < -0.3 is 20.8 Å². The average Bonchev–Trinajstić information content (AvgIpc) is 2.88. The number of aliphatic carboxylic acids is 1. The quantitative estimate of drug-likeness (QED) is 0.559. The lowest BCUT2D eigenvalue weighted by atomic mass is 10.2. The van der Waals surface area contributed by atoms with Gasteiger partial charge in [-0.3, -0.25) is 9.59 Å². The van der Waals surface area contributed by atoms with Crippen LogP contribution in [-0.2, 0) is 9.59 Å². The Morgan fingerprint density at radius 1 is 1.37 bits per heavy atom. The van der Waals surface area contributed by atoms with E-state index in [0.29, 0.717) is 4.88 Å². The van der Waals surface area contributed by atoms with Crippen molar-refractivity contribution in [1.29, 1.82) is 0 Å². The summed E-state index contributed by atoms with van der Waals surface area (Å²) in [6.45, 7) is 0.712. The third kappa shape index (κ3) is 4.34. The SMILES string of the molecule is CC(NC(=O)c1cccs1)C(=O)N[C@H](CO)C(=O)O. The van der Waals surface area contributed by atoms with Crippen molar-refractivity contribution < 1.29 is 24.6 Å². The van der Waals surface area contributed by atoms with Crippen LogP contribution in [0.25, 0.3) is 0 Å². The molecule has 0 saturated heterocycles. The first-order valence-electron chi connectivity index (χ1n) is 5.44. The van der Waals surface area contributed by atoms with Crippen LogP contribution < -0.4 is 10.6 Å². The van der Waals surface area contributed by atoms with Crippen molar-refractivity contribution in [3.05, 3.63) is 22.4 Å². The molecule has 2 amide bonds. The van der Waals surface area contributed by atoms with Gasteiger partial charge in [0.05, 0.1) is 11.5 Å². The van der Waals surface area contributed by atoms with E-state index in [1.165, 1.54) is 18.3 Å². The number of rotatable bonds is 6. The summed E-state index contributed by atoms with van der Waals surface area (Å²) in [7, 11) is 0. The molecule has 1 aromatic heterocycles. The smallest absolute Gasteiger partial charge is 0.328 e. The molecule has 19 heavy (non-hydrogen) atoms. The summed E-state index contributed by atoms with van der Waals surface area (Å²) >= 11 is 1.23. The predicted molar refractivity (Wildman–Crippen MR) is 67.9 cm³/mol. The third-order valence-corrected chi connectivity index (χ3v) is 3.15. The van der Waals surface area contributed by atoms with Crippen molar-refractivity contribution >= 4 is 29.1 Å². The van der Waals surface area contributed by atoms with Crippen molar-refractivity contribution in [2.45, 2.75) is 19.0 Å². The molecule has 0 spiro atoms. The lowest BCUT2D eigenvalue weighted by Gasteiger charge is -2.16. The number of carboxylic acid groups (broad SMARTS) is 1. The first-order chi connectivity index (χ1) is 8.95. The van der Waals surface area contributed by atoms with Crippen LogP contribution >= 0.6 is 11.3 Å². The lowest BCUT2D eigenvalue weighted by molar-refractivity contribution is -0.143. The second-order valence-corrected chi connectivity index (χ2v) is 4.70. The lowest BCUT2D eigenvalue weighted by Crippen LogP contribution is -2.51. The van der Waals surface area contributed by atoms with Crippen molar-refractivity contribution in [2.75, 3.05) is 6.61 Å². The second-order valence-electron chi connectivity index (χ2n) is 3.75. The van der Waals surface area contributed by atoms with Crippen LogP contribution in [0, 0.1) is 0 Å². The summed E-state index contributed by atoms with van der Waals surface area (Å²) in [5.41, 5.74) is 0.